The third-order valence-corrected chi connectivity index (χ3v) is 3.05. The molecule has 0 aliphatic heterocycles. The number of hydrogen-bond acceptors (Lipinski definition) is 3. The number of nitrogens with zero attached hydrogens (tertiary/aromatic N) is 2. The number of rotatable bonds is 6. The fraction of sp³-hybridized carbons (Fsp3) is 0.176. The maximum Gasteiger partial charge on any atom is 0.251 e. The monoisotopic (exact) mass is 300 g/mol. The molecule has 0 saturated heterocycles. The van der Waals surface area contributed by atoms with Crippen LogP contribution >= 0.6 is 0 Å². The summed E-state index contributed by atoms with van der Waals surface area (Å²) >= 11 is 0. The van der Waals surface area contributed by atoms with Gasteiger partial charge in [-0.15, -0.1) is 0 Å². The number of halogens is 1. The minimum Gasteiger partial charge on any atom is -0.383 e. The van der Waals surface area contributed by atoms with Crippen LogP contribution in [0.2, 0.25) is 0 Å². The van der Waals surface area contributed by atoms with Crippen molar-refractivity contribution in [3.8, 4) is 0 Å². The molecule has 0 fully saturated rings. The summed E-state index contributed by atoms with van der Waals surface area (Å²) < 4.78 is 17.9. The van der Waals surface area contributed by atoms with Crippen LogP contribution in [-0.4, -0.2) is 31.2 Å². The van der Waals surface area contributed by atoms with Gasteiger partial charge in [0.05, 0.1) is 6.61 Å². The Morgan fingerprint density at radius 2 is 1.91 bits per heavy atom. The van der Waals surface area contributed by atoms with Gasteiger partial charge in [-0.05, 0) is 35.9 Å². The molecule has 4 nitrogen and oxygen atoms in total. The minimum atomic E-state index is -0.304. The lowest BCUT2D eigenvalue weighted by atomic mass is 10.2. The van der Waals surface area contributed by atoms with E-state index in [1.54, 1.807) is 54.7 Å². The van der Waals surface area contributed by atoms with E-state index in [1.165, 1.54) is 18.2 Å². The molecule has 0 spiro atoms. The van der Waals surface area contributed by atoms with Gasteiger partial charge in [0, 0.05) is 37.8 Å². The molecule has 0 N–H and O–H groups in total. The van der Waals surface area contributed by atoms with E-state index < -0.39 is 0 Å². The molecule has 0 atom stereocenters. The second-order valence-electron chi connectivity index (χ2n) is 4.57. The van der Waals surface area contributed by atoms with E-state index in [-0.39, 0.29) is 11.7 Å². The van der Waals surface area contributed by atoms with Crippen molar-refractivity contribution in [3.63, 3.8) is 0 Å². The van der Waals surface area contributed by atoms with Crippen LogP contribution in [-0.2, 0) is 9.53 Å². The number of benzene rings is 1. The van der Waals surface area contributed by atoms with Gasteiger partial charge in [-0.3, -0.25) is 9.78 Å². The first-order valence-corrected chi connectivity index (χ1v) is 6.85. The smallest absolute Gasteiger partial charge is 0.251 e. The first-order chi connectivity index (χ1) is 10.7. The highest BCUT2D eigenvalue weighted by atomic mass is 19.1. The topological polar surface area (TPSA) is 42.4 Å². The number of anilines is 1. The zero-order valence-electron chi connectivity index (χ0n) is 12.3. The Morgan fingerprint density at radius 3 is 2.55 bits per heavy atom. The number of carbonyl (C=O) groups excluding carboxylic acids is 1. The van der Waals surface area contributed by atoms with Gasteiger partial charge >= 0.3 is 0 Å². The molecule has 1 amide bonds. The standard InChI is InChI=1S/C17H17FN2O2/c1-22-13-12-20(16-8-10-19-11-9-16)17(21)7-4-14-2-5-15(18)6-3-14/h2-11H,12-13H2,1H3/b7-4+. The Hall–Kier alpha value is -2.53. The summed E-state index contributed by atoms with van der Waals surface area (Å²) in [7, 11) is 1.59. The van der Waals surface area contributed by atoms with Gasteiger partial charge in [0.15, 0.2) is 0 Å². The van der Waals surface area contributed by atoms with Crippen LogP contribution in [0.25, 0.3) is 6.08 Å². The van der Waals surface area contributed by atoms with E-state index >= 15 is 0 Å². The fourth-order valence-electron chi connectivity index (χ4n) is 1.90. The molecule has 0 aliphatic rings. The van der Waals surface area contributed by atoms with E-state index in [0.29, 0.717) is 13.2 Å². The lowest BCUT2D eigenvalue weighted by molar-refractivity contribution is -0.114. The molecule has 0 aliphatic carbocycles. The first-order valence-electron chi connectivity index (χ1n) is 6.85. The maximum atomic E-state index is 12.9. The van der Waals surface area contributed by atoms with E-state index in [2.05, 4.69) is 4.98 Å². The molecule has 1 aromatic heterocycles. The summed E-state index contributed by atoms with van der Waals surface area (Å²) in [5.41, 5.74) is 1.51. The molecule has 0 saturated carbocycles. The maximum absolute atomic E-state index is 12.9. The Kier molecular flexibility index (Phi) is 5.80. The van der Waals surface area contributed by atoms with E-state index in [9.17, 15) is 9.18 Å². The lowest BCUT2D eigenvalue weighted by Crippen LogP contribution is -2.32. The van der Waals surface area contributed by atoms with Crippen LogP contribution < -0.4 is 4.90 Å². The highest BCUT2D eigenvalue weighted by molar-refractivity contribution is 6.03. The van der Waals surface area contributed by atoms with E-state index in [4.69, 9.17) is 4.74 Å². The molecule has 0 bridgehead atoms. The van der Waals surface area contributed by atoms with Crippen molar-refractivity contribution in [1.29, 1.82) is 0 Å². The van der Waals surface area contributed by atoms with Crippen LogP contribution in [0.15, 0.2) is 54.9 Å². The molecule has 2 rings (SSSR count). The van der Waals surface area contributed by atoms with Gasteiger partial charge in [-0.25, -0.2) is 4.39 Å². The first kappa shape index (κ1) is 15.9. The highest BCUT2D eigenvalue weighted by Crippen LogP contribution is 2.13. The number of hydrogen-bond donors (Lipinski definition) is 0. The average Bonchev–Trinajstić information content (AvgIpc) is 2.55. The second-order valence-corrected chi connectivity index (χ2v) is 4.57. The molecular weight excluding hydrogens is 283 g/mol. The molecule has 0 unspecified atom stereocenters. The number of methoxy groups -OCH3 is 1. The zero-order chi connectivity index (χ0) is 15.8. The Labute approximate surface area is 128 Å². The number of aromatic nitrogens is 1. The zero-order valence-corrected chi connectivity index (χ0v) is 12.3. The quantitative estimate of drug-likeness (QED) is 0.770. The SMILES string of the molecule is COCCN(C(=O)/C=C/c1ccc(F)cc1)c1ccncc1. The summed E-state index contributed by atoms with van der Waals surface area (Å²) in [6.45, 7) is 0.867. The molecule has 5 heteroatoms. The molecule has 114 valence electrons. The van der Waals surface area contributed by atoms with Crippen molar-refractivity contribution in [3.05, 3.63) is 66.2 Å². The van der Waals surface area contributed by atoms with Crippen molar-refractivity contribution in [1.82, 2.24) is 4.98 Å². The summed E-state index contributed by atoms with van der Waals surface area (Å²) in [5.74, 6) is -0.477. The van der Waals surface area contributed by atoms with Crippen LogP contribution in [0.4, 0.5) is 10.1 Å². The van der Waals surface area contributed by atoms with E-state index in [0.717, 1.165) is 11.3 Å². The van der Waals surface area contributed by atoms with Crippen molar-refractivity contribution >= 4 is 17.7 Å². The number of pyridine rings is 1. The van der Waals surface area contributed by atoms with Gasteiger partial charge in [-0.1, -0.05) is 12.1 Å². The summed E-state index contributed by atoms with van der Waals surface area (Å²) in [5, 5.41) is 0. The van der Waals surface area contributed by atoms with Crippen LogP contribution in [0.5, 0.6) is 0 Å². The van der Waals surface area contributed by atoms with Crippen molar-refractivity contribution in [2.45, 2.75) is 0 Å². The third-order valence-electron chi connectivity index (χ3n) is 3.05. The molecule has 0 radical (unpaired) electrons. The van der Waals surface area contributed by atoms with Gasteiger partial charge in [0.1, 0.15) is 5.82 Å². The van der Waals surface area contributed by atoms with Crippen LogP contribution in [0, 0.1) is 5.82 Å². The van der Waals surface area contributed by atoms with Gasteiger partial charge in [0.2, 0.25) is 0 Å². The summed E-state index contributed by atoms with van der Waals surface area (Å²) in [6.07, 6.45) is 6.38. The van der Waals surface area contributed by atoms with Crippen molar-refractivity contribution < 1.29 is 13.9 Å². The largest absolute Gasteiger partial charge is 0.383 e. The number of amides is 1. The Morgan fingerprint density at radius 1 is 1.23 bits per heavy atom. The van der Waals surface area contributed by atoms with Crippen molar-refractivity contribution in [2.75, 3.05) is 25.2 Å². The molecule has 22 heavy (non-hydrogen) atoms. The van der Waals surface area contributed by atoms with Gasteiger partial charge < -0.3 is 9.64 Å². The molecular formula is C17H17FN2O2. The van der Waals surface area contributed by atoms with Crippen molar-refractivity contribution in [2.24, 2.45) is 0 Å². The fourth-order valence-corrected chi connectivity index (χ4v) is 1.90. The molecule has 1 heterocycles. The number of carbonyl (C=O) groups is 1. The Balaban J connectivity index is 2.13. The Bertz CT molecular complexity index is 627. The average molecular weight is 300 g/mol. The molecule has 1 aromatic carbocycles. The van der Waals surface area contributed by atoms with Gasteiger partial charge in [0.25, 0.3) is 5.91 Å². The molecule has 2 aromatic rings. The normalized spacial score (nSPS) is 10.8. The third kappa shape index (κ3) is 4.49. The highest BCUT2D eigenvalue weighted by Gasteiger charge is 2.12. The second kappa shape index (κ2) is 8.05. The van der Waals surface area contributed by atoms with Gasteiger partial charge in [-0.2, -0.15) is 0 Å². The predicted molar refractivity (Wildman–Crippen MR) is 83.9 cm³/mol. The summed E-state index contributed by atoms with van der Waals surface area (Å²) in [6, 6.07) is 9.47. The van der Waals surface area contributed by atoms with Crippen LogP contribution in [0.3, 0.4) is 0 Å². The minimum absolute atomic E-state index is 0.174. The number of ether oxygens (including phenoxy) is 1. The van der Waals surface area contributed by atoms with E-state index in [1.807, 2.05) is 0 Å². The summed E-state index contributed by atoms with van der Waals surface area (Å²) in [4.78, 5) is 17.9. The van der Waals surface area contributed by atoms with Crippen LogP contribution in [0.1, 0.15) is 5.56 Å². The predicted octanol–water partition coefficient (Wildman–Crippen LogP) is 2.91. The lowest BCUT2D eigenvalue weighted by Gasteiger charge is -2.20.